The molecule has 0 N–H and O–H groups in total. The summed E-state index contributed by atoms with van der Waals surface area (Å²) >= 11 is 7.55. The number of nitrogens with zero attached hydrogens (tertiary/aromatic N) is 2. The molecule has 0 spiro atoms. The van der Waals surface area contributed by atoms with Crippen molar-refractivity contribution < 1.29 is 0 Å². The zero-order valence-corrected chi connectivity index (χ0v) is 9.68. The van der Waals surface area contributed by atoms with Gasteiger partial charge in [-0.15, -0.1) is 16.7 Å². The van der Waals surface area contributed by atoms with Crippen molar-refractivity contribution in [1.29, 1.82) is 0 Å². The summed E-state index contributed by atoms with van der Waals surface area (Å²) in [7, 11) is 0. The van der Waals surface area contributed by atoms with Crippen molar-refractivity contribution in [3.63, 3.8) is 0 Å². The second-order valence-electron chi connectivity index (χ2n) is 3.96. The first kappa shape index (κ1) is 10.1. The molecule has 4 heteroatoms. The SMILES string of the molecule is CC1CC(Cc2csnn2)=CC(Cl)C1. The summed E-state index contributed by atoms with van der Waals surface area (Å²) in [6.07, 6.45) is 5.35. The number of rotatable bonds is 2. The van der Waals surface area contributed by atoms with Gasteiger partial charge in [0.05, 0.1) is 11.1 Å². The Morgan fingerprint density at radius 3 is 3.14 bits per heavy atom. The van der Waals surface area contributed by atoms with E-state index in [0.717, 1.165) is 25.0 Å². The monoisotopic (exact) mass is 228 g/mol. The second-order valence-corrected chi connectivity index (χ2v) is 5.13. The van der Waals surface area contributed by atoms with Gasteiger partial charge >= 0.3 is 0 Å². The van der Waals surface area contributed by atoms with E-state index < -0.39 is 0 Å². The molecule has 1 aliphatic carbocycles. The molecule has 1 aromatic heterocycles. The molecule has 0 aromatic carbocycles. The van der Waals surface area contributed by atoms with Crippen LogP contribution >= 0.6 is 23.1 Å². The zero-order chi connectivity index (χ0) is 9.97. The van der Waals surface area contributed by atoms with Gasteiger partial charge in [-0.05, 0) is 30.3 Å². The maximum Gasteiger partial charge on any atom is 0.0795 e. The average molecular weight is 229 g/mol. The molecule has 0 fully saturated rings. The molecule has 1 aromatic rings. The number of hydrogen-bond donors (Lipinski definition) is 0. The van der Waals surface area contributed by atoms with Crippen LogP contribution < -0.4 is 0 Å². The molecular weight excluding hydrogens is 216 g/mol. The van der Waals surface area contributed by atoms with Gasteiger partial charge in [0, 0.05) is 11.8 Å². The first-order valence-electron chi connectivity index (χ1n) is 4.83. The van der Waals surface area contributed by atoms with Gasteiger partial charge in [-0.25, -0.2) is 0 Å². The Labute approximate surface area is 93.1 Å². The fourth-order valence-electron chi connectivity index (χ4n) is 1.93. The molecule has 0 radical (unpaired) electrons. The van der Waals surface area contributed by atoms with Gasteiger partial charge < -0.3 is 0 Å². The molecule has 76 valence electrons. The highest BCUT2D eigenvalue weighted by Gasteiger charge is 2.17. The summed E-state index contributed by atoms with van der Waals surface area (Å²) in [6, 6.07) is 0. The zero-order valence-electron chi connectivity index (χ0n) is 8.11. The summed E-state index contributed by atoms with van der Waals surface area (Å²) in [4.78, 5) is 0. The average Bonchev–Trinajstić information content (AvgIpc) is 2.54. The highest BCUT2D eigenvalue weighted by molar-refractivity contribution is 7.03. The van der Waals surface area contributed by atoms with Crippen molar-refractivity contribution in [2.75, 3.05) is 0 Å². The van der Waals surface area contributed by atoms with E-state index in [-0.39, 0.29) is 5.38 Å². The topological polar surface area (TPSA) is 25.8 Å². The molecule has 2 rings (SSSR count). The Morgan fingerprint density at radius 2 is 2.50 bits per heavy atom. The van der Waals surface area contributed by atoms with Gasteiger partial charge in [0.15, 0.2) is 0 Å². The maximum atomic E-state index is 6.14. The lowest BCUT2D eigenvalue weighted by Gasteiger charge is -2.21. The third-order valence-electron chi connectivity index (χ3n) is 2.47. The lowest BCUT2D eigenvalue weighted by molar-refractivity contribution is 0.507. The van der Waals surface area contributed by atoms with Crippen LogP contribution in [0.4, 0.5) is 0 Å². The van der Waals surface area contributed by atoms with Crippen LogP contribution in [0.3, 0.4) is 0 Å². The van der Waals surface area contributed by atoms with Crippen molar-refractivity contribution in [3.05, 3.63) is 22.7 Å². The lowest BCUT2D eigenvalue weighted by atomic mass is 9.88. The number of hydrogen-bond acceptors (Lipinski definition) is 3. The van der Waals surface area contributed by atoms with Crippen molar-refractivity contribution in [2.24, 2.45) is 5.92 Å². The summed E-state index contributed by atoms with van der Waals surface area (Å²) in [5, 5.41) is 6.26. The Bertz CT molecular complexity index is 321. The van der Waals surface area contributed by atoms with Crippen molar-refractivity contribution in [3.8, 4) is 0 Å². The van der Waals surface area contributed by atoms with E-state index in [4.69, 9.17) is 11.6 Å². The van der Waals surface area contributed by atoms with Crippen LogP contribution in [0.25, 0.3) is 0 Å². The number of halogens is 1. The fraction of sp³-hybridized carbons (Fsp3) is 0.600. The normalized spacial score (nSPS) is 27.4. The van der Waals surface area contributed by atoms with Crippen LogP contribution in [0.2, 0.25) is 0 Å². The largest absolute Gasteiger partial charge is 0.143 e. The first-order chi connectivity index (χ1) is 6.74. The molecule has 0 saturated carbocycles. The van der Waals surface area contributed by atoms with E-state index in [0.29, 0.717) is 5.92 Å². The molecule has 0 aliphatic heterocycles. The van der Waals surface area contributed by atoms with Gasteiger partial charge in [-0.2, -0.15) is 0 Å². The smallest absolute Gasteiger partial charge is 0.0795 e. The van der Waals surface area contributed by atoms with Crippen LogP contribution in [0, 0.1) is 5.92 Å². The van der Waals surface area contributed by atoms with Gasteiger partial charge in [0.2, 0.25) is 0 Å². The molecule has 1 aliphatic rings. The number of alkyl halides is 1. The molecule has 0 saturated heterocycles. The van der Waals surface area contributed by atoms with E-state index in [1.807, 2.05) is 5.38 Å². The third-order valence-corrected chi connectivity index (χ3v) is 3.33. The van der Waals surface area contributed by atoms with Crippen LogP contribution in [-0.2, 0) is 6.42 Å². The molecule has 2 nitrogen and oxygen atoms in total. The summed E-state index contributed by atoms with van der Waals surface area (Å²) in [6.45, 7) is 2.25. The standard InChI is InChI=1S/C10H13ClN2S/c1-7-2-8(4-9(11)3-7)5-10-6-14-13-12-10/h4,6-7,9H,2-3,5H2,1H3. The second kappa shape index (κ2) is 4.41. The predicted octanol–water partition coefficient (Wildman–Crippen LogP) is 3.04. The minimum atomic E-state index is 0.209. The molecule has 14 heavy (non-hydrogen) atoms. The van der Waals surface area contributed by atoms with Gasteiger partial charge in [-0.1, -0.05) is 23.1 Å². The number of aromatic nitrogens is 2. The van der Waals surface area contributed by atoms with Gasteiger partial charge in [0.1, 0.15) is 0 Å². The minimum absolute atomic E-state index is 0.209. The summed E-state index contributed by atoms with van der Waals surface area (Å²) < 4.78 is 3.86. The Kier molecular flexibility index (Phi) is 3.19. The highest BCUT2D eigenvalue weighted by Crippen LogP contribution is 2.28. The van der Waals surface area contributed by atoms with Crippen LogP contribution in [0.1, 0.15) is 25.5 Å². The third kappa shape index (κ3) is 2.55. The molecule has 2 unspecified atom stereocenters. The van der Waals surface area contributed by atoms with Crippen LogP contribution in [0.5, 0.6) is 0 Å². The Hall–Kier alpha value is -0.410. The Balaban J connectivity index is 2.04. The van der Waals surface area contributed by atoms with E-state index in [2.05, 4.69) is 22.6 Å². The summed E-state index contributed by atoms with van der Waals surface area (Å²) in [5.74, 6) is 0.698. The van der Waals surface area contributed by atoms with E-state index in [9.17, 15) is 0 Å². The molecule has 2 atom stereocenters. The lowest BCUT2D eigenvalue weighted by Crippen LogP contribution is -2.13. The summed E-state index contributed by atoms with van der Waals surface area (Å²) in [5.41, 5.74) is 2.48. The fourth-order valence-corrected chi connectivity index (χ4v) is 2.87. The quantitative estimate of drug-likeness (QED) is 0.575. The maximum absolute atomic E-state index is 6.14. The predicted molar refractivity (Wildman–Crippen MR) is 59.7 cm³/mol. The molecular formula is C10H13ClN2S. The molecule has 1 heterocycles. The van der Waals surface area contributed by atoms with Gasteiger partial charge in [0.25, 0.3) is 0 Å². The van der Waals surface area contributed by atoms with E-state index in [1.165, 1.54) is 17.1 Å². The number of allylic oxidation sites excluding steroid dienone is 2. The molecule has 0 bridgehead atoms. The van der Waals surface area contributed by atoms with Crippen LogP contribution in [0.15, 0.2) is 17.0 Å². The van der Waals surface area contributed by atoms with E-state index >= 15 is 0 Å². The Morgan fingerprint density at radius 1 is 1.64 bits per heavy atom. The molecule has 0 amide bonds. The van der Waals surface area contributed by atoms with Crippen molar-refractivity contribution >= 4 is 23.1 Å². The van der Waals surface area contributed by atoms with Gasteiger partial charge in [-0.3, -0.25) is 0 Å². The minimum Gasteiger partial charge on any atom is -0.143 e. The van der Waals surface area contributed by atoms with E-state index in [1.54, 1.807) is 0 Å². The van der Waals surface area contributed by atoms with Crippen molar-refractivity contribution in [2.45, 2.75) is 31.6 Å². The first-order valence-corrected chi connectivity index (χ1v) is 6.11. The van der Waals surface area contributed by atoms with Crippen LogP contribution in [-0.4, -0.2) is 15.0 Å². The highest BCUT2D eigenvalue weighted by atomic mass is 35.5. The van der Waals surface area contributed by atoms with Crippen molar-refractivity contribution in [1.82, 2.24) is 9.59 Å².